The van der Waals surface area contributed by atoms with Crippen molar-refractivity contribution >= 4 is 16.8 Å². The third kappa shape index (κ3) is 2.58. The summed E-state index contributed by atoms with van der Waals surface area (Å²) in [6, 6.07) is 11.7. The number of benzene rings is 1. The molecule has 4 heteroatoms. The molecule has 2 aromatic rings. The molecule has 4 nitrogen and oxygen atoms in total. The normalized spacial score (nSPS) is 16.3. The van der Waals surface area contributed by atoms with Gasteiger partial charge in [-0.25, -0.2) is 4.98 Å². The predicted octanol–water partition coefficient (Wildman–Crippen LogP) is 1.67. The number of carbonyl (C=O) groups excluding carboxylic acids is 1. The minimum atomic E-state index is 0.0365. The standard InChI is InChI=1S/C15H17N3O/c19-15(18-10-3-8-16-9-11-18)14-7-6-12-4-1-2-5-13(12)17-14/h1-2,4-7,16H,3,8-11H2. The third-order valence-corrected chi connectivity index (χ3v) is 3.44. The summed E-state index contributed by atoms with van der Waals surface area (Å²) < 4.78 is 0. The number of nitrogens with zero attached hydrogens (tertiary/aromatic N) is 2. The summed E-state index contributed by atoms with van der Waals surface area (Å²) in [6.07, 6.45) is 0.999. The average Bonchev–Trinajstić information content (AvgIpc) is 2.75. The second-order valence-electron chi connectivity index (χ2n) is 4.78. The number of carbonyl (C=O) groups is 1. The Bertz CT molecular complexity index is 589. The van der Waals surface area contributed by atoms with Crippen LogP contribution in [0.3, 0.4) is 0 Å². The molecule has 0 saturated carbocycles. The van der Waals surface area contributed by atoms with Crippen LogP contribution in [0, 0.1) is 0 Å². The van der Waals surface area contributed by atoms with E-state index in [1.165, 1.54) is 0 Å². The van der Waals surface area contributed by atoms with E-state index in [0.717, 1.165) is 43.5 Å². The zero-order valence-electron chi connectivity index (χ0n) is 10.8. The SMILES string of the molecule is O=C(c1ccc2ccccc2n1)N1CCCNCC1. The molecule has 1 aliphatic rings. The van der Waals surface area contributed by atoms with E-state index in [2.05, 4.69) is 10.3 Å². The first-order chi connectivity index (χ1) is 9.34. The largest absolute Gasteiger partial charge is 0.336 e. The van der Waals surface area contributed by atoms with Gasteiger partial charge >= 0.3 is 0 Å². The lowest BCUT2D eigenvalue weighted by molar-refractivity contribution is 0.0761. The van der Waals surface area contributed by atoms with Crippen molar-refractivity contribution in [3.8, 4) is 0 Å². The maximum Gasteiger partial charge on any atom is 0.272 e. The van der Waals surface area contributed by atoms with Crippen molar-refractivity contribution in [2.75, 3.05) is 26.2 Å². The number of fused-ring (bicyclic) bond motifs is 1. The molecule has 0 bridgehead atoms. The van der Waals surface area contributed by atoms with Crippen LogP contribution in [0.4, 0.5) is 0 Å². The lowest BCUT2D eigenvalue weighted by atomic mass is 10.2. The number of nitrogens with one attached hydrogen (secondary N) is 1. The van der Waals surface area contributed by atoms with Crippen molar-refractivity contribution in [2.24, 2.45) is 0 Å². The fourth-order valence-electron chi connectivity index (χ4n) is 2.40. The Morgan fingerprint density at radius 2 is 2.00 bits per heavy atom. The van der Waals surface area contributed by atoms with Gasteiger partial charge < -0.3 is 10.2 Å². The van der Waals surface area contributed by atoms with Crippen molar-refractivity contribution in [2.45, 2.75) is 6.42 Å². The van der Waals surface area contributed by atoms with Crippen molar-refractivity contribution in [1.82, 2.24) is 15.2 Å². The topological polar surface area (TPSA) is 45.2 Å². The first kappa shape index (κ1) is 12.1. The molecule has 3 rings (SSSR count). The summed E-state index contributed by atoms with van der Waals surface area (Å²) in [4.78, 5) is 18.8. The van der Waals surface area contributed by atoms with E-state index < -0.39 is 0 Å². The summed E-state index contributed by atoms with van der Waals surface area (Å²) in [7, 11) is 0. The number of para-hydroxylation sites is 1. The van der Waals surface area contributed by atoms with Gasteiger partial charge in [0.15, 0.2) is 0 Å². The van der Waals surface area contributed by atoms with Crippen LogP contribution >= 0.6 is 0 Å². The van der Waals surface area contributed by atoms with Gasteiger partial charge in [-0.3, -0.25) is 4.79 Å². The number of amides is 1. The van der Waals surface area contributed by atoms with Crippen LogP contribution in [0.25, 0.3) is 10.9 Å². The molecule has 1 aromatic carbocycles. The molecule has 0 unspecified atom stereocenters. The molecule has 1 aromatic heterocycles. The number of hydrogen-bond donors (Lipinski definition) is 1. The quantitative estimate of drug-likeness (QED) is 0.843. The molecule has 1 saturated heterocycles. The molecule has 0 spiro atoms. The number of rotatable bonds is 1. The van der Waals surface area contributed by atoms with Crippen LogP contribution in [0.15, 0.2) is 36.4 Å². The average molecular weight is 255 g/mol. The third-order valence-electron chi connectivity index (χ3n) is 3.44. The van der Waals surface area contributed by atoms with Crippen LogP contribution in [-0.4, -0.2) is 42.0 Å². The van der Waals surface area contributed by atoms with Crippen LogP contribution in [-0.2, 0) is 0 Å². The van der Waals surface area contributed by atoms with E-state index in [9.17, 15) is 4.79 Å². The van der Waals surface area contributed by atoms with Gasteiger partial charge in [0.1, 0.15) is 5.69 Å². The highest BCUT2D eigenvalue weighted by Crippen LogP contribution is 2.13. The van der Waals surface area contributed by atoms with E-state index >= 15 is 0 Å². The predicted molar refractivity (Wildman–Crippen MR) is 75.1 cm³/mol. The minimum Gasteiger partial charge on any atom is -0.336 e. The van der Waals surface area contributed by atoms with Gasteiger partial charge in [-0.05, 0) is 25.1 Å². The van der Waals surface area contributed by atoms with Gasteiger partial charge in [0.05, 0.1) is 5.52 Å². The zero-order valence-corrected chi connectivity index (χ0v) is 10.8. The van der Waals surface area contributed by atoms with Gasteiger partial charge in [-0.2, -0.15) is 0 Å². The van der Waals surface area contributed by atoms with Crippen LogP contribution < -0.4 is 5.32 Å². The molecule has 1 fully saturated rings. The van der Waals surface area contributed by atoms with Gasteiger partial charge in [-0.15, -0.1) is 0 Å². The molecule has 19 heavy (non-hydrogen) atoms. The molecule has 2 heterocycles. The molecule has 1 aliphatic heterocycles. The second-order valence-corrected chi connectivity index (χ2v) is 4.78. The molecule has 0 aliphatic carbocycles. The maximum atomic E-state index is 12.4. The highest BCUT2D eigenvalue weighted by molar-refractivity contribution is 5.94. The highest BCUT2D eigenvalue weighted by atomic mass is 16.2. The number of pyridine rings is 1. The summed E-state index contributed by atoms with van der Waals surface area (Å²) >= 11 is 0. The van der Waals surface area contributed by atoms with Crippen molar-refractivity contribution < 1.29 is 4.79 Å². The molecule has 1 amide bonds. The Balaban J connectivity index is 1.88. The van der Waals surface area contributed by atoms with E-state index in [4.69, 9.17) is 0 Å². The first-order valence-corrected chi connectivity index (χ1v) is 6.70. The van der Waals surface area contributed by atoms with E-state index in [1.54, 1.807) is 0 Å². The molecule has 0 atom stereocenters. The Labute approximate surface area is 112 Å². The fraction of sp³-hybridized carbons (Fsp3) is 0.333. The summed E-state index contributed by atoms with van der Waals surface area (Å²) in [5.41, 5.74) is 1.42. The molecule has 0 radical (unpaired) electrons. The smallest absolute Gasteiger partial charge is 0.272 e. The lowest BCUT2D eigenvalue weighted by Crippen LogP contribution is -2.34. The summed E-state index contributed by atoms with van der Waals surface area (Å²) in [6.45, 7) is 3.40. The molecule has 98 valence electrons. The summed E-state index contributed by atoms with van der Waals surface area (Å²) in [5.74, 6) is 0.0365. The van der Waals surface area contributed by atoms with E-state index in [0.29, 0.717) is 5.69 Å². The number of hydrogen-bond acceptors (Lipinski definition) is 3. The van der Waals surface area contributed by atoms with Crippen molar-refractivity contribution in [1.29, 1.82) is 0 Å². The molecular formula is C15H17N3O. The van der Waals surface area contributed by atoms with Crippen LogP contribution in [0.5, 0.6) is 0 Å². The van der Waals surface area contributed by atoms with Crippen LogP contribution in [0.2, 0.25) is 0 Å². The Morgan fingerprint density at radius 3 is 2.95 bits per heavy atom. The highest BCUT2D eigenvalue weighted by Gasteiger charge is 2.18. The van der Waals surface area contributed by atoms with E-state index in [-0.39, 0.29) is 5.91 Å². The van der Waals surface area contributed by atoms with E-state index in [1.807, 2.05) is 41.3 Å². The lowest BCUT2D eigenvalue weighted by Gasteiger charge is -2.19. The fourth-order valence-corrected chi connectivity index (χ4v) is 2.40. The molecular weight excluding hydrogens is 238 g/mol. The zero-order chi connectivity index (χ0) is 13.1. The Morgan fingerprint density at radius 1 is 1.11 bits per heavy atom. The van der Waals surface area contributed by atoms with Crippen LogP contribution in [0.1, 0.15) is 16.9 Å². The minimum absolute atomic E-state index is 0.0365. The Kier molecular flexibility index (Phi) is 3.42. The maximum absolute atomic E-state index is 12.4. The van der Waals surface area contributed by atoms with Gasteiger partial charge in [0.25, 0.3) is 5.91 Å². The van der Waals surface area contributed by atoms with Crippen molar-refractivity contribution in [3.63, 3.8) is 0 Å². The second kappa shape index (κ2) is 5.36. The van der Waals surface area contributed by atoms with Gasteiger partial charge in [0.2, 0.25) is 0 Å². The van der Waals surface area contributed by atoms with Crippen molar-refractivity contribution in [3.05, 3.63) is 42.1 Å². The monoisotopic (exact) mass is 255 g/mol. The Hall–Kier alpha value is -1.94. The van der Waals surface area contributed by atoms with Gasteiger partial charge in [-0.1, -0.05) is 24.3 Å². The van der Waals surface area contributed by atoms with Gasteiger partial charge in [0, 0.05) is 25.0 Å². The first-order valence-electron chi connectivity index (χ1n) is 6.70. The summed E-state index contributed by atoms with van der Waals surface area (Å²) in [5, 5.41) is 4.37. The molecule has 1 N–H and O–H groups in total. The number of aromatic nitrogens is 1.